The number of carbonyl (C=O) groups is 1. The normalized spacial score (nSPS) is 15.6. The monoisotopic (exact) mass is 344 g/mol. The van der Waals surface area contributed by atoms with Gasteiger partial charge >= 0.3 is 0 Å². The van der Waals surface area contributed by atoms with Crippen LogP contribution in [0.5, 0.6) is 0 Å². The molecule has 7 nitrogen and oxygen atoms in total. The van der Waals surface area contributed by atoms with Crippen molar-refractivity contribution >= 4 is 5.91 Å². The van der Waals surface area contributed by atoms with E-state index in [9.17, 15) is 9.59 Å². The summed E-state index contributed by atoms with van der Waals surface area (Å²) in [4.78, 5) is 33.3. The standard InChI is InChI=1S/C18H24N4O3/c1-12(2)10-13-7-8-14(18(24)19-13)17-20-15(25-21-17)11-22-9-5-3-4-6-16(22)23/h7-8,12H,3-6,9-11H2,1-2H3,(H,19,24). The molecule has 7 heteroatoms. The molecule has 134 valence electrons. The van der Waals surface area contributed by atoms with Crippen molar-refractivity contribution in [2.75, 3.05) is 6.54 Å². The molecule has 3 heterocycles. The van der Waals surface area contributed by atoms with Crippen molar-refractivity contribution < 1.29 is 9.32 Å². The topological polar surface area (TPSA) is 92.1 Å². The van der Waals surface area contributed by atoms with Gasteiger partial charge in [-0.1, -0.05) is 25.4 Å². The lowest BCUT2D eigenvalue weighted by molar-refractivity contribution is -0.131. The van der Waals surface area contributed by atoms with Gasteiger partial charge in [-0.15, -0.1) is 0 Å². The molecule has 0 aliphatic carbocycles. The fraction of sp³-hybridized carbons (Fsp3) is 0.556. The molecule has 0 bridgehead atoms. The van der Waals surface area contributed by atoms with Gasteiger partial charge in [-0.05, 0) is 37.3 Å². The minimum absolute atomic E-state index is 0.119. The highest BCUT2D eigenvalue weighted by Crippen LogP contribution is 2.16. The van der Waals surface area contributed by atoms with Crippen LogP contribution in [0.1, 0.15) is 51.1 Å². The van der Waals surface area contributed by atoms with Gasteiger partial charge in [-0.2, -0.15) is 4.98 Å². The molecule has 0 atom stereocenters. The number of hydrogen-bond donors (Lipinski definition) is 1. The van der Waals surface area contributed by atoms with Gasteiger partial charge in [0.15, 0.2) is 0 Å². The van der Waals surface area contributed by atoms with Crippen LogP contribution < -0.4 is 5.56 Å². The summed E-state index contributed by atoms with van der Waals surface area (Å²) in [5.41, 5.74) is 1.05. The van der Waals surface area contributed by atoms with E-state index >= 15 is 0 Å². The molecule has 0 aromatic carbocycles. The van der Waals surface area contributed by atoms with E-state index in [1.165, 1.54) is 0 Å². The van der Waals surface area contributed by atoms with E-state index in [0.717, 1.165) is 31.4 Å². The fourth-order valence-electron chi connectivity index (χ4n) is 3.05. The first-order valence-corrected chi connectivity index (χ1v) is 8.86. The van der Waals surface area contributed by atoms with Crippen LogP contribution in [0.3, 0.4) is 0 Å². The first-order valence-electron chi connectivity index (χ1n) is 8.86. The van der Waals surface area contributed by atoms with E-state index in [1.54, 1.807) is 11.0 Å². The highest BCUT2D eigenvalue weighted by atomic mass is 16.5. The Morgan fingerprint density at radius 3 is 2.84 bits per heavy atom. The van der Waals surface area contributed by atoms with Crippen molar-refractivity contribution in [1.29, 1.82) is 0 Å². The van der Waals surface area contributed by atoms with Crippen LogP contribution in [0.25, 0.3) is 11.4 Å². The predicted octanol–water partition coefficient (Wildman–Crippen LogP) is 2.53. The molecule has 2 aromatic rings. The number of amides is 1. The summed E-state index contributed by atoms with van der Waals surface area (Å²) in [5, 5.41) is 3.91. The van der Waals surface area contributed by atoms with E-state index < -0.39 is 0 Å². The van der Waals surface area contributed by atoms with Gasteiger partial charge in [-0.3, -0.25) is 9.59 Å². The maximum Gasteiger partial charge on any atom is 0.259 e. The summed E-state index contributed by atoms with van der Waals surface area (Å²) < 4.78 is 5.25. The number of hydrogen-bond acceptors (Lipinski definition) is 5. The first-order chi connectivity index (χ1) is 12.0. The van der Waals surface area contributed by atoms with Crippen LogP contribution in [-0.4, -0.2) is 32.5 Å². The van der Waals surface area contributed by atoms with Crippen LogP contribution in [-0.2, 0) is 17.8 Å². The molecular formula is C18H24N4O3. The van der Waals surface area contributed by atoms with Crippen LogP contribution in [0, 0.1) is 5.92 Å². The average Bonchev–Trinajstić information content (AvgIpc) is 2.91. The van der Waals surface area contributed by atoms with Crippen LogP contribution in [0.15, 0.2) is 21.5 Å². The Morgan fingerprint density at radius 1 is 1.24 bits per heavy atom. The smallest absolute Gasteiger partial charge is 0.259 e. The summed E-state index contributed by atoms with van der Waals surface area (Å²) in [6.07, 6.45) is 4.36. The van der Waals surface area contributed by atoms with Gasteiger partial charge in [0.1, 0.15) is 0 Å². The third-order valence-electron chi connectivity index (χ3n) is 4.30. The molecule has 25 heavy (non-hydrogen) atoms. The molecule has 1 saturated heterocycles. The lowest BCUT2D eigenvalue weighted by Gasteiger charge is -2.17. The number of aromatic amines is 1. The molecule has 0 spiro atoms. The largest absolute Gasteiger partial charge is 0.337 e. The number of nitrogens with one attached hydrogen (secondary N) is 1. The third-order valence-corrected chi connectivity index (χ3v) is 4.30. The van der Waals surface area contributed by atoms with Crippen molar-refractivity contribution in [3.05, 3.63) is 34.1 Å². The lowest BCUT2D eigenvalue weighted by Crippen LogP contribution is -2.29. The Morgan fingerprint density at radius 2 is 2.08 bits per heavy atom. The summed E-state index contributed by atoms with van der Waals surface area (Å²) in [6.45, 7) is 5.21. The van der Waals surface area contributed by atoms with Gasteiger partial charge in [0, 0.05) is 18.7 Å². The Kier molecular flexibility index (Phi) is 5.31. The second-order valence-electron chi connectivity index (χ2n) is 6.96. The van der Waals surface area contributed by atoms with Gasteiger partial charge in [0.25, 0.3) is 5.56 Å². The zero-order valence-electron chi connectivity index (χ0n) is 14.7. The number of aromatic nitrogens is 3. The molecule has 1 amide bonds. The minimum Gasteiger partial charge on any atom is -0.337 e. The minimum atomic E-state index is -0.226. The SMILES string of the molecule is CC(C)Cc1ccc(-c2noc(CN3CCCCCC3=O)n2)c(=O)[nH]1. The van der Waals surface area contributed by atoms with Crippen LogP contribution in [0.4, 0.5) is 0 Å². The molecule has 2 aromatic heterocycles. The van der Waals surface area contributed by atoms with Crippen LogP contribution >= 0.6 is 0 Å². The summed E-state index contributed by atoms with van der Waals surface area (Å²) >= 11 is 0. The van der Waals surface area contributed by atoms with Gasteiger partial charge in [0.05, 0.1) is 12.1 Å². The summed E-state index contributed by atoms with van der Waals surface area (Å²) in [6, 6.07) is 3.60. The van der Waals surface area contributed by atoms with Gasteiger partial charge in [0.2, 0.25) is 17.6 Å². The van der Waals surface area contributed by atoms with Gasteiger partial charge < -0.3 is 14.4 Å². The van der Waals surface area contributed by atoms with Crippen molar-refractivity contribution in [2.24, 2.45) is 5.92 Å². The molecule has 0 unspecified atom stereocenters. The quantitative estimate of drug-likeness (QED) is 0.900. The fourth-order valence-corrected chi connectivity index (χ4v) is 3.05. The molecule has 1 aliphatic rings. The molecule has 3 rings (SSSR count). The van der Waals surface area contributed by atoms with E-state index in [2.05, 4.69) is 29.0 Å². The second-order valence-corrected chi connectivity index (χ2v) is 6.96. The van der Waals surface area contributed by atoms with E-state index in [4.69, 9.17) is 4.52 Å². The molecule has 1 fully saturated rings. The van der Waals surface area contributed by atoms with Crippen molar-refractivity contribution in [2.45, 2.75) is 52.5 Å². The zero-order chi connectivity index (χ0) is 17.8. The van der Waals surface area contributed by atoms with Crippen LogP contribution in [0.2, 0.25) is 0 Å². The summed E-state index contributed by atoms with van der Waals surface area (Å²) in [5.74, 6) is 1.20. The summed E-state index contributed by atoms with van der Waals surface area (Å²) in [7, 11) is 0. The van der Waals surface area contributed by atoms with Gasteiger partial charge in [-0.25, -0.2) is 0 Å². The molecule has 1 aliphatic heterocycles. The first kappa shape index (κ1) is 17.4. The molecule has 0 saturated carbocycles. The van der Waals surface area contributed by atoms with Crippen molar-refractivity contribution in [3.8, 4) is 11.4 Å². The highest BCUT2D eigenvalue weighted by Gasteiger charge is 2.20. The van der Waals surface area contributed by atoms with E-state index in [1.807, 2.05) is 6.07 Å². The number of likely N-dealkylation sites (tertiary alicyclic amines) is 1. The second kappa shape index (κ2) is 7.63. The Hall–Kier alpha value is -2.44. The molecule has 1 N–H and O–H groups in total. The molecule has 0 radical (unpaired) electrons. The van der Waals surface area contributed by atoms with E-state index in [-0.39, 0.29) is 17.3 Å². The number of nitrogens with zero attached hydrogens (tertiary/aromatic N) is 3. The lowest BCUT2D eigenvalue weighted by atomic mass is 10.1. The molecular weight excluding hydrogens is 320 g/mol. The average molecular weight is 344 g/mol. The Balaban J connectivity index is 1.75. The highest BCUT2D eigenvalue weighted by molar-refractivity contribution is 5.76. The van der Waals surface area contributed by atoms with E-state index in [0.29, 0.717) is 36.9 Å². The number of H-pyrrole nitrogens is 1. The van der Waals surface area contributed by atoms with Crippen molar-refractivity contribution in [1.82, 2.24) is 20.0 Å². The Labute approximate surface area is 146 Å². The number of carbonyl (C=O) groups excluding carboxylic acids is 1. The van der Waals surface area contributed by atoms with Crippen molar-refractivity contribution in [3.63, 3.8) is 0 Å². The third kappa shape index (κ3) is 4.35. The number of rotatable bonds is 5. The maximum absolute atomic E-state index is 12.3. The zero-order valence-corrected chi connectivity index (χ0v) is 14.7. The number of pyridine rings is 1. The maximum atomic E-state index is 12.3. The Bertz CT molecular complexity index is 794. The predicted molar refractivity (Wildman–Crippen MR) is 92.8 cm³/mol.